The van der Waals surface area contributed by atoms with Crippen LogP contribution in [0.2, 0.25) is 28.4 Å². The second-order valence-corrected chi connectivity index (χ2v) is 15.7. The van der Waals surface area contributed by atoms with Crippen molar-refractivity contribution in [3.05, 3.63) is 50.6 Å². The summed E-state index contributed by atoms with van der Waals surface area (Å²) in [6.07, 6.45) is 2.28. The minimum atomic E-state index is -1.86. The van der Waals surface area contributed by atoms with Gasteiger partial charge in [0.15, 0.2) is 24.9 Å². The van der Waals surface area contributed by atoms with Crippen molar-refractivity contribution in [2.45, 2.75) is 65.1 Å². The van der Waals surface area contributed by atoms with Crippen LogP contribution in [0.15, 0.2) is 23.1 Å². The molecule has 190 valence electrons. The third-order valence-corrected chi connectivity index (χ3v) is 11.3. The normalized spacial score (nSPS) is 12.5. The van der Waals surface area contributed by atoms with Gasteiger partial charge in [0.1, 0.15) is 16.6 Å². The van der Waals surface area contributed by atoms with Gasteiger partial charge in [-0.05, 0) is 30.1 Å². The fourth-order valence-electron chi connectivity index (χ4n) is 3.27. The van der Waals surface area contributed by atoms with E-state index in [-0.39, 0.29) is 32.3 Å². The lowest BCUT2D eigenvalue weighted by molar-refractivity contribution is 0.233. The molecule has 0 aliphatic carbocycles. The topological polar surface area (TPSA) is 79.1 Å². The van der Waals surface area contributed by atoms with E-state index in [2.05, 4.69) is 48.8 Å². The summed E-state index contributed by atoms with van der Waals surface area (Å²) in [6.45, 7) is 15.8. The standard InChI is InChI=1S/C24H31Cl2FN4O3Si/c1-14(2)18-19(31-22-15(20(25)30-23(31)32)13-16(27)21(26)29-22)17(9-10-28-18)33-11-8-12-34-35(6,7)24(3,4)5/h9-10,13-14H,8,11-12H2,1-7H3. The minimum Gasteiger partial charge on any atom is -0.491 e. The van der Waals surface area contributed by atoms with E-state index >= 15 is 0 Å². The zero-order valence-corrected chi connectivity index (χ0v) is 23.6. The Labute approximate surface area is 215 Å². The van der Waals surface area contributed by atoms with Gasteiger partial charge in [-0.15, -0.1) is 0 Å². The summed E-state index contributed by atoms with van der Waals surface area (Å²) in [7, 11) is -1.86. The largest absolute Gasteiger partial charge is 0.491 e. The molecule has 0 saturated heterocycles. The lowest BCUT2D eigenvalue weighted by Gasteiger charge is -2.36. The third kappa shape index (κ3) is 5.85. The second-order valence-electron chi connectivity index (χ2n) is 10.2. The molecule has 3 aromatic heterocycles. The number of aromatic nitrogens is 4. The van der Waals surface area contributed by atoms with Gasteiger partial charge >= 0.3 is 5.69 Å². The molecular formula is C24H31Cl2FN4O3Si. The van der Waals surface area contributed by atoms with Crippen molar-refractivity contribution in [1.82, 2.24) is 19.5 Å². The van der Waals surface area contributed by atoms with E-state index < -0.39 is 19.8 Å². The number of hydrogen-bond acceptors (Lipinski definition) is 6. The van der Waals surface area contributed by atoms with E-state index in [4.69, 9.17) is 32.4 Å². The van der Waals surface area contributed by atoms with E-state index in [9.17, 15) is 9.18 Å². The maximum Gasteiger partial charge on any atom is 0.355 e. The summed E-state index contributed by atoms with van der Waals surface area (Å²) < 4.78 is 27.7. The molecule has 0 fully saturated rings. The van der Waals surface area contributed by atoms with Gasteiger partial charge in [-0.1, -0.05) is 57.8 Å². The number of hydrogen-bond donors (Lipinski definition) is 0. The summed E-state index contributed by atoms with van der Waals surface area (Å²) >= 11 is 12.1. The molecule has 7 nitrogen and oxygen atoms in total. The highest BCUT2D eigenvalue weighted by Crippen LogP contribution is 2.37. The Morgan fingerprint density at radius 3 is 2.46 bits per heavy atom. The van der Waals surface area contributed by atoms with Crippen LogP contribution in [0.3, 0.4) is 0 Å². The molecule has 3 aromatic rings. The van der Waals surface area contributed by atoms with Gasteiger partial charge in [-0.3, -0.25) is 4.98 Å². The molecule has 0 N–H and O–H groups in total. The first-order valence-electron chi connectivity index (χ1n) is 11.4. The van der Waals surface area contributed by atoms with Crippen molar-refractivity contribution in [2.24, 2.45) is 0 Å². The molecule has 0 saturated carbocycles. The van der Waals surface area contributed by atoms with Crippen molar-refractivity contribution >= 4 is 42.6 Å². The Bertz CT molecular complexity index is 1290. The first-order valence-corrected chi connectivity index (χ1v) is 15.1. The average Bonchev–Trinajstić information content (AvgIpc) is 2.74. The Hall–Kier alpha value is -2.07. The fourth-order valence-corrected chi connectivity index (χ4v) is 4.70. The molecule has 0 radical (unpaired) electrons. The predicted molar refractivity (Wildman–Crippen MR) is 140 cm³/mol. The van der Waals surface area contributed by atoms with Gasteiger partial charge in [0.05, 0.1) is 17.7 Å². The third-order valence-electron chi connectivity index (χ3n) is 6.23. The van der Waals surface area contributed by atoms with Crippen LogP contribution in [0.4, 0.5) is 4.39 Å². The molecular weight excluding hydrogens is 510 g/mol. The Morgan fingerprint density at radius 2 is 1.83 bits per heavy atom. The lowest BCUT2D eigenvalue weighted by Crippen LogP contribution is -2.41. The number of nitrogens with zero attached hydrogens (tertiary/aromatic N) is 4. The number of halogens is 3. The van der Waals surface area contributed by atoms with Gasteiger partial charge in [-0.2, -0.15) is 4.98 Å². The van der Waals surface area contributed by atoms with E-state index in [1.807, 2.05) is 13.8 Å². The first-order chi connectivity index (χ1) is 16.2. The SMILES string of the molecule is CC(C)c1nccc(OCCCO[Si](C)(C)C(C)(C)C)c1-n1c(=O)nc(Cl)c2cc(F)c(Cl)nc21. The molecule has 11 heteroatoms. The van der Waals surface area contributed by atoms with Crippen LogP contribution < -0.4 is 10.4 Å². The van der Waals surface area contributed by atoms with Gasteiger partial charge in [0.25, 0.3) is 0 Å². The predicted octanol–water partition coefficient (Wildman–Crippen LogP) is 6.54. The van der Waals surface area contributed by atoms with E-state index in [1.165, 1.54) is 4.57 Å². The molecule has 0 aliphatic rings. The van der Waals surface area contributed by atoms with Crippen molar-refractivity contribution in [1.29, 1.82) is 0 Å². The maximum atomic E-state index is 14.1. The molecule has 3 heterocycles. The summed E-state index contributed by atoms with van der Waals surface area (Å²) in [5.74, 6) is -0.406. The Balaban J connectivity index is 2.01. The van der Waals surface area contributed by atoms with Crippen molar-refractivity contribution in [3.8, 4) is 11.4 Å². The number of ether oxygens (including phenoxy) is 1. The summed E-state index contributed by atoms with van der Waals surface area (Å²) in [6, 6.07) is 2.79. The van der Waals surface area contributed by atoms with Crippen LogP contribution >= 0.6 is 23.2 Å². The highest BCUT2D eigenvalue weighted by Gasteiger charge is 2.36. The molecule has 0 aromatic carbocycles. The second kappa shape index (κ2) is 10.5. The van der Waals surface area contributed by atoms with Crippen molar-refractivity contribution in [3.63, 3.8) is 0 Å². The molecule has 0 spiro atoms. The van der Waals surface area contributed by atoms with Crippen LogP contribution in [0.5, 0.6) is 5.75 Å². The summed E-state index contributed by atoms with van der Waals surface area (Å²) in [4.78, 5) is 25.5. The molecule has 0 aliphatic heterocycles. The Kier molecular flexibility index (Phi) is 8.25. The lowest BCUT2D eigenvalue weighted by atomic mass is 10.1. The highest BCUT2D eigenvalue weighted by atomic mass is 35.5. The van der Waals surface area contributed by atoms with E-state index in [1.54, 1.807) is 12.3 Å². The van der Waals surface area contributed by atoms with Crippen molar-refractivity contribution in [2.75, 3.05) is 13.2 Å². The average molecular weight is 542 g/mol. The number of pyridine rings is 2. The monoisotopic (exact) mass is 540 g/mol. The van der Waals surface area contributed by atoms with Gasteiger partial charge in [0, 0.05) is 25.3 Å². The van der Waals surface area contributed by atoms with Gasteiger partial charge < -0.3 is 9.16 Å². The molecule has 35 heavy (non-hydrogen) atoms. The van der Waals surface area contributed by atoms with Crippen LogP contribution in [-0.4, -0.2) is 41.1 Å². The minimum absolute atomic E-state index is 0.0657. The van der Waals surface area contributed by atoms with Crippen molar-refractivity contribution < 1.29 is 13.6 Å². The molecule has 0 unspecified atom stereocenters. The van der Waals surface area contributed by atoms with Crippen LogP contribution in [0.25, 0.3) is 16.7 Å². The summed E-state index contributed by atoms with van der Waals surface area (Å²) in [5.41, 5.74) is 0.345. The quantitative estimate of drug-likeness (QED) is 0.140. The highest BCUT2D eigenvalue weighted by molar-refractivity contribution is 6.74. The first kappa shape index (κ1) is 27.5. The zero-order valence-electron chi connectivity index (χ0n) is 21.1. The van der Waals surface area contributed by atoms with E-state index in [0.29, 0.717) is 36.8 Å². The van der Waals surface area contributed by atoms with Gasteiger partial charge in [0.2, 0.25) is 0 Å². The number of fused-ring (bicyclic) bond motifs is 1. The molecule has 0 amide bonds. The van der Waals surface area contributed by atoms with Crippen LogP contribution in [-0.2, 0) is 4.43 Å². The van der Waals surface area contributed by atoms with E-state index in [0.717, 1.165) is 6.07 Å². The summed E-state index contributed by atoms with van der Waals surface area (Å²) in [5, 5.41) is -0.270. The fraction of sp³-hybridized carbons (Fsp3) is 0.500. The van der Waals surface area contributed by atoms with Gasteiger partial charge in [-0.25, -0.2) is 18.7 Å². The Morgan fingerprint density at radius 1 is 1.14 bits per heavy atom. The smallest absolute Gasteiger partial charge is 0.355 e. The molecule has 3 rings (SSSR count). The number of rotatable bonds is 8. The molecule has 0 bridgehead atoms. The zero-order chi connectivity index (χ0) is 26.1. The maximum absolute atomic E-state index is 14.1. The molecule has 0 atom stereocenters. The van der Waals surface area contributed by atoms with Crippen LogP contribution in [0, 0.1) is 5.82 Å². The van der Waals surface area contributed by atoms with Crippen LogP contribution in [0.1, 0.15) is 52.7 Å².